The van der Waals surface area contributed by atoms with Crippen molar-refractivity contribution in [1.29, 1.82) is 0 Å². The van der Waals surface area contributed by atoms with Gasteiger partial charge in [0, 0.05) is 25.9 Å². The van der Waals surface area contributed by atoms with Gasteiger partial charge in [-0.3, -0.25) is 0 Å². The van der Waals surface area contributed by atoms with Crippen LogP contribution < -0.4 is 0 Å². The maximum Gasteiger partial charge on any atom is 0.107 e. The SMILES string of the molecule is OC(c1ccc(Cl)cc1Cl)c1cccc2ccsc12. The van der Waals surface area contributed by atoms with Gasteiger partial charge in [-0.2, -0.15) is 0 Å². The van der Waals surface area contributed by atoms with Crippen LogP contribution >= 0.6 is 34.5 Å². The summed E-state index contributed by atoms with van der Waals surface area (Å²) in [5, 5.41) is 14.8. The van der Waals surface area contributed by atoms with Gasteiger partial charge in [0.1, 0.15) is 6.10 Å². The number of aliphatic hydroxyl groups is 1. The maximum atomic E-state index is 10.6. The zero-order valence-electron chi connectivity index (χ0n) is 9.81. The summed E-state index contributed by atoms with van der Waals surface area (Å²) in [5.74, 6) is 0. The fraction of sp³-hybridized carbons (Fsp3) is 0.0667. The average Bonchev–Trinajstić information content (AvgIpc) is 2.86. The Labute approximate surface area is 125 Å². The van der Waals surface area contributed by atoms with Gasteiger partial charge in [-0.25, -0.2) is 0 Å². The standard InChI is InChI=1S/C15H10Cl2OS/c16-10-4-5-11(13(17)8-10)14(18)12-3-1-2-9-6-7-19-15(9)12/h1-8,14,18H. The van der Waals surface area contributed by atoms with E-state index in [1.165, 1.54) is 0 Å². The van der Waals surface area contributed by atoms with Gasteiger partial charge in [-0.15, -0.1) is 11.3 Å². The van der Waals surface area contributed by atoms with E-state index in [2.05, 4.69) is 0 Å². The summed E-state index contributed by atoms with van der Waals surface area (Å²) in [6, 6.07) is 13.1. The quantitative estimate of drug-likeness (QED) is 0.682. The van der Waals surface area contributed by atoms with Crippen LogP contribution in [0, 0.1) is 0 Å². The largest absolute Gasteiger partial charge is 0.384 e. The number of halogens is 2. The van der Waals surface area contributed by atoms with Crippen LogP contribution in [0.5, 0.6) is 0 Å². The molecule has 0 aliphatic carbocycles. The summed E-state index contributed by atoms with van der Waals surface area (Å²) in [6.45, 7) is 0. The number of rotatable bonds is 2. The number of fused-ring (bicyclic) bond motifs is 1. The van der Waals surface area contributed by atoms with Crippen LogP contribution in [0.3, 0.4) is 0 Å². The predicted molar refractivity (Wildman–Crippen MR) is 82.3 cm³/mol. The van der Waals surface area contributed by atoms with Gasteiger partial charge < -0.3 is 5.11 Å². The lowest BCUT2D eigenvalue weighted by molar-refractivity contribution is 0.222. The molecule has 0 aliphatic heterocycles. The molecule has 0 aliphatic rings. The first-order valence-electron chi connectivity index (χ1n) is 5.76. The zero-order valence-corrected chi connectivity index (χ0v) is 12.1. The van der Waals surface area contributed by atoms with Crippen LogP contribution in [0.15, 0.2) is 47.8 Å². The lowest BCUT2D eigenvalue weighted by atomic mass is 10.0. The molecule has 2 aromatic carbocycles. The van der Waals surface area contributed by atoms with Gasteiger partial charge >= 0.3 is 0 Å². The Morgan fingerprint density at radius 1 is 1.00 bits per heavy atom. The van der Waals surface area contributed by atoms with Gasteiger partial charge in [-0.1, -0.05) is 47.5 Å². The summed E-state index contributed by atoms with van der Waals surface area (Å²) in [6.07, 6.45) is -0.743. The molecular weight excluding hydrogens is 299 g/mol. The first kappa shape index (κ1) is 12.9. The highest BCUT2D eigenvalue weighted by Gasteiger charge is 2.17. The van der Waals surface area contributed by atoms with Crippen molar-refractivity contribution in [1.82, 2.24) is 0 Å². The average molecular weight is 309 g/mol. The van der Waals surface area contributed by atoms with E-state index in [0.29, 0.717) is 15.6 Å². The van der Waals surface area contributed by atoms with E-state index in [-0.39, 0.29) is 0 Å². The molecule has 1 unspecified atom stereocenters. The summed E-state index contributed by atoms with van der Waals surface area (Å²) >= 11 is 13.7. The lowest BCUT2D eigenvalue weighted by Gasteiger charge is -2.14. The Hall–Kier alpha value is -1.06. The fourth-order valence-corrected chi connectivity index (χ4v) is 3.57. The van der Waals surface area contributed by atoms with Gasteiger partial charge in [0.2, 0.25) is 0 Å². The summed E-state index contributed by atoms with van der Waals surface area (Å²) in [5.41, 5.74) is 1.55. The topological polar surface area (TPSA) is 20.2 Å². The molecular formula is C15H10Cl2OS. The Kier molecular flexibility index (Phi) is 3.50. The third-order valence-corrected chi connectivity index (χ3v) is 4.60. The van der Waals surface area contributed by atoms with Crippen LogP contribution in [-0.2, 0) is 0 Å². The second-order valence-corrected chi connectivity index (χ2v) is 6.01. The minimum atomic E-state index is -0.743. The summed E-state index contributed by atoms with van der Waals surface area (Å²) in [4.78, 5) is 0. The smallest absolute Gasteiger partial charge is 0.107 e. The molecule has 0 bridgehead atoms. The molecule has 3 rings (SSSR count). The number of hydrogen-bond donors (Lipinski definition) is 1. The highest BCUT2D eigenvalue weighted by molar-refractivity contribution is 7.17. The molecule has 1 nitrogen and oxygen atoms in total. The van der Waals surface area contributed by atoms with Crippen molar-refractivity contribution in [2.24, 2.45) is 0 Å². The Balaban J connectivity index is 2.13. The maximum absolute atomic E-state index is 10.6. The van der Waals surface area contributed by atoms with Crippen LogP contribution in [0.4, 0.5) is 0 Å². The lowest BCUT2D eigenvalue weighted by Crippen LogP contribution is -2.00. The van der Waals surface area contributed by atoms with Crippen molar-refractivity contribution in [3.63, 3.8) is 0 Å². The van der Waals surface area contributed by atoms with Crippen LogP contribution in [0.25, 0.3) is 10.1 Å². The molecule has 4 heteroatoms. The minimum Gasteiger partial charge on any atom is -0.384 e. The van der Waals surface area contributed by atoms with E-state index in [1.54, 1.807) is 29.5 Å². The van der Waals surface area contributed by atoms with E-state index in [0.717, 1.165) is 15.6 Å². The van der Waals surface area contributed by atoms with E-state index in [4.69, 9.17) is 23.2 Å². The number of aliphatic hydroxyl groups excluding tert-OH is 1. The molecule has 96 valence electrons. The zero-order chi connectivity index (χ0) is 13.4. The van der Waals surface area contributed by atoms with Crippen molar-refractivity contribution >= 4 is 44.6 Å². The number of hydrogen-bond acceptors (Lipinski definition) is 2. The Bertz CT molecular complexity index is 736. The molecule has 19 heavy (non-hydrogen) atoms. The van der Waals surface area contributed by atoms with Gasteiger partial charge in [0.25, 0.3) is 0 Å². The third kappa shape index (κ3) is 2.37. The third-order valence-electron chi connectivity index (χ3n) is 3.06. The van der Waals surface area contributed by atoms with Crippen molar-refractivity contribution in [2.45, 2.75) is 6.10 Å². The molecule has 0 saturated carbocycles. The number of thiophene rings is 1. The first-order valence-corrected chi connectivity index (χ1v) is 7.39. The van der Waals surface area contributed by atoms with Crippen LogP contribution in [0.1, 0.15) is 17.2 Å². The second kappa shape index (κ2) is 5.14. The van der Waals surface area contributed by atoms with E-state index in [9.17, 15) is 5.11 Å². The van der Waals surface area contributed by atoms with Crippen molar-refractivity contribution in [3.05, 3.63) is 69.0 Å². The molecule has 0 saturated heterocycles. The molecule has 1 atom stereocenters. The minimum absolute atomic E-state index is 0.480. The number of benzene rings is 2. The van der Waals surface area contributed by atoms with Crippen LogP contribution in [-0.4, -0.2) is 5.11 Å². The molecule has 1 N–H and O–H groups in total. The van der Waals surface area contributed by atoms with Crippen molar-refractivity contribution < 1.29 is 5.11 Å². The molecule has 1 aromatic heterocycles. The van der Waals surface area contributed by atoms with Gasteiger partial charge in [-0.05, 0) is 29.0 Å². The highest BCUT2D eigenvalue weighted by atomic mass is 35.5. The monoisotopic (exact) mass is 308 g/mol. The molecule has 3 aromatic rings. The molecule has 0 fully saturated rings. The fourth-order valence-electron chi connectivity index (χ4n) is 2.12. The molecule has 0 radical (unpaired) electrons. The second-order valence-electron chi connectivity index (χ2n) is 4.25. The predicted octanol–water partition coefficient (Wildman–Crippen LogP) is 5.29. The van der Waals surface area contributed by atoms with E-state index < -0.39 is 6.10 Å². The Morgan fingerprint density at radius 2 is 1.84 bits per heavy atom. The van der Waals surface area contributed by atoms with E-state index >= 15 is 0 Å². The molecule has 0 spiro atoms. The van der Waals surface area contributed by atoms with Crippen LogP contribution in [0.2, 0.25) is 10.0 Å². The normalized spacial score (nSPS) is 12.8. The van der Waals surface area contributed by atoms with Gasteiger partial charge in [0.15, 0.2) is 0 Å². The van der Waals surface area contributed by atoms with E-state index in [1.807, 2.05) is 29.6 Å². The summed E-state index contributed by atoms with van der Waals surface area (Å²) in [7, 11) is 0. The molecule has 0 amide bonds. The van der Waals surface area contributed by atoms with Crippen molar-refractivity contribution in [3.8, 4) is 0 Å². The van der Waals surface area contributed by atoms with Gasteiger partial charge in [0.05, 0.1) is 0 Å². The van der Waals surface area contributed by atoms with Crippen molar-refractivity contribution in [2.75, 3.05) is 0 Å². The molecule has 1 heterocycles. The first-order chi connectivity index (χ1) is 9.16. The summed E-state index contributed by atoms with van der Waals surface area (Å²) < 4.78 is 1.08. The highest BCUT2D eigenvalue weighted by Crippen LogP contribution is 2.35. The Morgan fingerprint density at radius 3 is 2.63 bits per heavy atom.